The third-order valence-corrected chi connectivity index (χ3v) is 4.67. The summed E-state index contributed by atoms with van der Waals surface area (Å²) in [6, 6.07) is 0. The minimum absolute atomic E-state index is 0.00711. The predicted octanol–water partition coefficient (Wildman–Crippen LogP) is 5.79. The molecule has 0 aliphatic carbocycles. The van der Waals surface area contributed by atoms with Crippen LogP contribution in [0.15, 0.2) is 0 Å². The third kappa shape index (κ3) is 16.2. The predicted molar refractivity (Wildman–Crippen MR) is 105 cm³/mol. The summed E-state index contributed by atoms with van der Waals surface area (Å²) in [6.07, 6.45) is 18.0. The number of carboxylic acid groups (broad SMARTS) is 1. The van der Waals surface area contributed by atoms with Gasteiger partial charge < -0.3 is 10.0 Å². The van der Waals surface area contributed by atoms with Crippen molar-refractivity contribution < 1.29 is 14.7 Å². The number of hydrogen-bond donors (Lipinski definition) is 1. The average Bonchev–Trinajstić information content (AvgIpc) is 2.58. The summed E-state index contributed by atoms with van der Waals surface area (Å²) in [5.74, 6) is -0.931. The fourth-order valence-corrected chi connectivity index (χ4v) is 3.18. The van der Waals surface area contributed by atoms with Gasteiger partial charge in [-0.1, -0.05) is 90.9 Å². The molecule has 25 heavy (non-hydrogen) atoms. The van der Waals surface area contributed by atoms with Gasteiger partial charge in [0.15, 0.2) is 0 Å². The molecule has 1 N–H and O–H groups in total. The molecule has 148 valence electrons. The maximum atomic E-state index is 12.0. The molecule has 0 aromatic heterocycles. The Morgan fingerprint density at radius 3 is 1.52 bits per heavy atom. The Morgan fingerprint density at radius 1 is 0.680 bits per heavy atom. The number of unbranched alkanes of at least 4 members (excludes halogenated alkanes) is 12. The summed E-state index contributed by atoms with van der Waals surface area (Å²) >= 11 is 0. The van der Waals surface area contributed by atoms with E-state index in [2.05, 4.69) is 6.92 Å². The molecule has 0 bridgehead atoms. The highest BCUT2D eigenvalue weighted by Gasteiger charge is 2.14. The van der Waals surface area contributed by atoms with Gasteiger partial charge in [0.25, 0.3) is 0 Å². The first kappa shape index (κ1) is 23.9. The molecule has 0 spiro atoms. The summed E-state index contributed by atoms with van der Waals surface area (Å²) in [4.78, 5) is 24.3. The van der Waals surface area contributed by atoms with Crippen molar-refractivity contribution in [2.75, 3.05) is 13.1 Å². The standard InChI is InChI=1S/C21H41NO3/c1-3-5-6-7-8-9-10-11-12-13-14-15-16-17-20(23)22(18-4-2)19-21(24)25/h3-19H2,1-2H3,(H,24,25). The molecule has 0 aromatic rings. The molecule has 4 nitrogen and oxygen atoms in total. The number of nitrogens with zero attached hydrogens (tertiary/aromatic N) is 1. The minimum Gasteiger partial charge on any atom is -0.480 e. The van der Waals surface area contributed by atoms with Crippen LogP contribution in [-0.4, -0.2) is 35.0 Å². The normalized spacial score (nSPS) is 10.8. The van der Waals surface area contributed by atoms with Crippen molar-refractivity contribution in [1.82, 2.24) is 4.90 Å². The summed E-state index contributed by atoms with van der Waals surface area (Å²) in [5.41, 5.74) is 0. The molecular formula is C21H41NO3. The van der Waals surface area contributed by atoms with Gasteiger partial charge in [0.05, 0.1) is 0 Å². The number of carbonyl (C=O) groups excluding carboxylic acids is 1. The largest absolute Gasteiger partial charge is 0.480 e. The van der Waals surface area contributed by atoms with Gasteiger partial charge in [0.2, 0.25) is 5.91 Å². The van der Waals surface area contributed by atoms with Crippen LogP contribution in [-0.2, 0) is 9.59 Å². The van der Waals surface area contributed by atoms with Crippen LogP contribution < -0.4 is 0 Å². The molecule has 0 aliphatic rings. The highest BCUT2D eigenvalue weighted by molar-refractivity contribution is 5.81. The lowest BCUT2D eigenvalue weighted by Crippen LogP contribution is -2.36. The number of carboxylic acids is 1. The van der Waals surface area contributed by atoms with Gasteiger partial charge in [-0.15, -0.1) is 0 Å². The van der Waals surface area contributed by atoms with E-state index in [9.17, 15) is 9.59 Å². The summed E-state index contributed by atoms with van der Waals surface area (Å²) in [6.45, 7) is 4.61. The average molecular weight is 356 g/mol. The van der Waals surface area contributed by atoms with E-state index in [4.69, 9.17) is 5.11 Å². The SMILES string of the molecule is CCCCCCCCCCCCCCCC(=O)N(CCC)CC(=O)O. The summed E-state index contributed by atoms with van der Waals surface area (Å²) < 4.78 is 0. The van der Waals surface area contributed by atoms with Gasteiger partial charge in [-0.2, -0.15) is 0 Å². The highest BCUT2D eigenvalue weighted by Crippen LogP contribution is 2.13. The lowest BCUT2D eigenvalue weighted by atomic mass is 10.0. The Bertz CT molecular complexity index is 331. The maximum absolute atomic E-state index is 12.0. The first-order valence-electron chi connectivity index (χ1n) is 10.6. The second-order valence-electron chi connectivity index (χ2n) is 7.20. The molecular weight excluding hydrogens is 314 g/mol. The van der Waals surface area contributed by atoms with Gasteiger partial charge in [-0.25, -0.2) is 0 Å². The van der Waals surface area contributed by atoms with Crippen LogP contribution in [0.4, 0.5) is 0 Å². The number of aliphatic carboxylic acids is 1. The quantitative estimate of drug-likeness (QED) is 0.317. The van der Waals surface area contributed by atoms with E-state index < -0.39 is 5.97 Å². The molecule has 0 atom stereocenters. The van der Waals surface area contributed by atoms with Crippen molar-refractivity contribution in [1.29, 1.82) is 0 Å². The van der Waals surface area contributed by atoms with Gasteiger partial charge in [-0.05, 0) is 12.8 Å². The van der Waals surface area contributed by atoms with Crippen LogP contribution in [0.1, 0.15) is 110 Å². The van der Waals surface area contributed by atoms with E-state index in [0.717, 1.165) is 19.3 Å². The molecule has 0 saturated heterocycles. The monoisotopic (exact) mass is 355 g/mol. The van der Waals surface area contributed by atoms with E-state index in [1.165, 1.54) is 75.5 Å². The van der Waals surface area contributed by atoms with Gasteiger partial charge >= 0.3 is 5.97 Å². The van der Waals surface area contributed by atoms with Crippen LogP contribution in [0.3, 0.4) is 0 Å². The number of rotatable bonds is 18. The lowest BCUT2D eigenvalue weighted by Gasteiger charge is -2.19. The van der Waals surface area contributed by atoms with Crippen LogP contribution in [0.5, 0.6) is 0 Å². The molecule has 0 saturated carbocycles. The molecule has 0 fully saturated rings. The molecule has 1 amide bonds. The van der Waals surface area contributed by atoms with E-state index in [1.807, 2.05) is 6.92 Å². The van der Waals surface area contributed by atoms with Crippen molar-refractivity contribution >= 4 is 11.9 Å². The smallest absolute Gasteiger partial charge is 0.323 e. The van der Waals surface area contributed by atoms with E-state index in [-0.39, 0.29) is 12.5 Å². The van der Waals surface area contributed by atoms with Crippen molar-refractivity contribution in [3.8, 4) is 0 Å². The van der Waals surface area contributed by atoms with Crippen molar-refractivity contribution in [3.63, 3.8) is 0 Å². The van der Waals surface area contributed by atoms with Gasteiger partial charge in [0, 0.05) is 13.0 Å². The van der Waals surface area contributed by atoms with Crippen molar-refractivity contribution in [3.05, 3.63) is 0 Å². The number of hydrogen-bond acceptors (Lipinski definition) is 2. The summed E-state index contributed by atoms with van der Waals surface area (Å²) in [7, 11) is 0. The Kier molecular flexibility index (Phi) is 17.0. The second kappa shape index (κ2) is 17.8. The van der Waals surface area contributed by atoms with Crippen LogP contribution in [0.25, 0.3) is 0 Å². The van der Waals surface area contributed by atoms with Gasteiger partial charge in [-0.3, -0.25) is 9.59 Å². The third-order valence-electron chi connectivity index (χ3n) is 4.67. The first-order chi connectivity index (χ1) is 12.1. The molecule has 0 aromatic carbocycles. The van der Waals surface area contributed by atoms with Crippen LogP contribution in [0, 0.1) is 0 Å². The molecule has 0 unspecified atom stereocenters. The second-order valence-corrected chi connectivity index (χ2v) is 7.20. The van der Waals surface area contributed by atoms with Crippen LogP contribution >= 0.6 is 0 Å². The number of carbonyl (C=O) groups is 2. The lowest BCUT2D eigenvalue weighted by molar-refractivity contribution is -0.144. The van der Waals surface area contributed by atoms with Crippen LogP contribution in [0.2, 0.25) is 0 Å². The molecule has 0 rings (SSSR count). The molecule has 4 heteroatoms. The summed E-state index contributed by atoms with van der Waals surface area (Å²) in [5, 5.41) is 8.85. The molecule has 0 heterocycles. The highest BCUT2D eigenvalue weighted by atomic mass is 16.4. The minimum atomic E-state index is -0.924. The zero-order valence-electron chi connectivity index (χ0n) is 16.7. The molecule has 0 radical (unpaired) electrons. The van der Waals surface area contributed by atoms with Gasteiger partial charge in [0.1, 0.15) is 6.54 Å². The Balaban J connectivity index is 3.44. The first-order valence-corrected chi connectivity index (χ1v) is 10.6. The van der Waals surface area contributed by atoms with E-state index >= 15 is 0 Å². The molecule has 0 aliphatic heterocycles. The Labute approximate surface area is 155 Å². The van der Waals surface area contributed by atoms with E-state index in [1.54, 1.807) is 0 Å². The fourth-order valence-electron chi connectivity index (χ4n) is 3.18. The maximum Gasteiger partial charge on any atom is 0.323 e. The zero-order valence-corrected chi connectivity index (χ0v) is 16.7. The van der Waals surface area contributed by atoms with Crippen molar-refractivity contribution in [2.45, 2.75) is 110 Å². The van der Waals surface area contributed by atoms with E-state index in [0.29, 0.717) is 13.0 Å². The van der Waals surface area contributed by atoms with Crippen molar-refractivity contribution in [2.24, 2.45) is 0 Å². The Morgan fingerprint density at radius 2 is 1.12 bits per heavy atom. The fraction of sp³-hybridized carbons (Fsp3) is 0.905. The zero-order chi connectivity index (χ0) is 18.8. The Hall–Kier alpha value is -1.06. The number of amides is 1. The topological polar surface area (TPSA) is 57.6 Å².